The average molecular weight is 381 g/mol. The van der Waals surface area contributed by atoms with Crippen molar-refractivity contribution in [3.63, 3.8) is 0 Å². The van der Waals surface area contributed by atoms with Crippen molar-refractivity contribution in [2.24, 2.45) is 0 Å². The monoisotopic (exact) mass is 381 g/mol. The molecule has 0 radical (unpaired) electrons. The van der Waals surface area contributed by atoms with Crippen molar-refractivity contribution in [3.05, 3.63) is 54.1 Å². The number of nitrogens with zero attached hydrogens (tertiary/aromatic N) is 1. The fraction of sp³-hybridized carbons (Fsp3) is 0.286. The SMILES string of the molecule is CCN1C(=O)[C@@](CC(=O)Nc2ccc(OC)cc2)(NC(C)=O)c2ccccc21. The molecule has 0 saturated carbocycles. The van der Waals surface area contributed by atoms with Gasteiger partial charge in [-0.2, -0.15) is 0 Å². The lowest BCUT2D eigenvalue weighted by molar-refractivity contribution is -0.133. The number of nitrogens with one attached hydrogen (secondary N) is 2. The zero-order valence-corrected chi connectivity index (χ0v) is 16.1. The van der Waals surface area contributed by atoms with Crippen LogP contribution in [-0.4, -0.2) is 31.4 Å². The van der Waals surface area contributed by atoms with Crippen LogP contribution in [0.25, 0.3) is 0 Å². The molecule has 7 nitrogen and oxygen atoms in total. The van der Waals surface area contributed by atoms with Gasteiger partial charge < -0.3 is 20.3 Å². The molecule has 3 amide bonds. The van der Waals surface area contributed by atoms with E-state index in [1.54, 1.807) is 48.4 Å². The molecular formula is C21H23N3O4. The van der Waals surface area contributed by atoms with Gasteiger partial charge in [-0.25, -0.2) is 0 Å². The van der Waals surface area contributed by atoms with Crippen LogP contribution in [0.15, 0.2) is 48.5 Å². The highest BCUT2D eigenvalue weighted by atomic mass is 16.5. The molecule has 3 rings (SSSR count). The van der Waals surface area contributed by atoms with Crippen molar-refractivity contribution >= 4 is 29.1 Å². The molecule has 0 unspecified atom stereocenters. The first-order valence-electron chi connectivity index (χ1n) is 9.05. The minimum atomic E-state index is -1.42. The van der Waals surface area contributed by atoms with Crippen molar-refractivity contribution < 1.29 is 19.1 Å². The number of amides is 3. The quantitative estimate of drug-likeness (QED) is 0.804. The van der Waals surface area contributed by atoms with E-state index in [2.05, 4.69) is 10.6 Å². The number of ether oxygens (including phenoxy) is 1. The van der Waals surface area contributed by atoms with E-state index in [0.717, 1.165) is 0 Å². The van der Waals surface area contributed by atoms with Crippen LogP contribution in [0.2, 0.25) is 0 Å². The molecule has 1 heterocycles. The molecule has 146 valence electrons. The van der Waals surface area contributed by atoms with Crippen LogP contribution in [0, 0.1) is 0 Å². The summed E-state index contributed by atoms with van der Waals surface area (Å²) in [6.45, 7) is 3.64. The molecular weight excluding hydrogens is 358 g/mol. The van der Waals surface area contributed by atoms with E-state index >= 15 is 0 Å². The Morgan fingerprint density at radius 1 is 1.11 bits per heavy atom. The largest absolute Gasteiger partial charge is 0.497 e. The first kappa shape index (κ1) is 19.4. The molecule has 1 atom stereocenters. The van der Waals surface area contributed by atoms with Crippen molar-refractivity contribution in [1.82, 2.24) is 5.32 Å². The molecule has 0 saturated heterocycles. The molecule has 2 N–H and O–H groups in total. The van der Waals surface area contributed by atoms with E-state index < -0.39 is 5.54 Å². The van der Waals surface area contributed by atoms with Gasteiger partial charge in [0, 0.05) is 30.4 Å². The second kappa shape index (κ2) is 7.72. The second-order valence-corrected chi connectivity index (χ2v) is 6.61. The van der Waals surface area contributed by atoms with Crippen LogP contribution in [0.3, 0.4) is 0 Å². The summed E-state index contributed by atoms with van der Waals surface area (Å²) in [6.07, 6.45) is -0.203. The molecule has 0 aromatic heterocycles. The van der Waals surface area contributed by atoms with Crippen molar-refractivity contribution in [2.75, 3.05) is 23.9 Å². The number of benzene rings is 2. The third-order valence-electron chi connectivity index (χ3n) is 4.77. The summed E-state index contributed by atoms with van der Waals surface area (Å²) in [5.41, 5.74) is 0.493. The topological polar surface area (TPSA) is 87.7 Å². The number of carbonyl (C=O) groups is 3. The Hall–Kier alpha value is -3.35. The highest BCUT2D eigenvalue weighted by molar-refractivity contribution is 6.12. The third-order valence-corrected chi connectivity index (χ3v) is 4.77. The Morgan fingerprint density at radius 3 is 2.39 bits per heavy atom. The Labute approximate surface area is 163 Å². The minimum absolute atomic E-state index is 0.203. The van der Waals surface area contributed by atoms with Crippen LogP contribution in [0.4, 0.5) is 11.4 Å². The van der Waals surface area contributed by atoms with Gasteiger partial charge in [-0.3, -0.25) is 14.4 Å². The lowest BCUT2D eigenvalue weighted by Crippen LogP contribution is -2.54. The number of anilines is 2. The van der Waals surface area contributed by atoms with Crippen molar-refractivity contribution in [3.8, 4) is 5.75 Å². The summed E-state index contributed by atoms with van der Waals surface area (Å²) in [4.78, 5) is 39.6. The minimum Gasteiger partial charge on any atom is -0.497 e. The second-order valence-electron chi connectivity index (χ2n) is 6.61. The first-order valence-corrected chi connectivity index (χ1v) is 9.05. The highest BCUT2D eigenvalue weighted by Crippen LogP contribution is 2.42. The lowest BCUT2D eigenvalue weighted by atomic mass is 9.87. The van der Waals surface area contributed by atoms with Gasteiger partial charge in [0.25, 0.3) is 5.91 Å². The van der Waals surface area contributed by atoms with Crippen LogP contribution in [-0.2, 0) is 19.9 Å². The predicted octanol–water partition coefficient (Wildman–Crippen LogP) is 2.42. The molecule has 0 aliphatic carbocycles. The molecule has 7 heteroatoms. The third kappa shape index (κ3) is 3.43. The van der Waals surface area contributed by atoms with Crippen molar-refractivity contribution in [2.45, 2.75) is 25.8 Å². The number of hydrogen-bond donors (Lipinski definition) is 2. The first-order chi connectivity index (χ1) is 13.4. The smallest absolute Gasteiger partial charge is 0.258 e. The molecule has 28 heavy (non-hydrogen) atoms. The molecule has 2 aromatic carbocycles. The average Bonchev–Trinajstić information content (AvgIpc) is 2.89. The zero-order valence-electron chi connectivity index (χ0n) is 16.1. The molecule has 1 aliphatic heterocycles. The summed E-state index contributed by atoms with van der Waals surface area (Å²) >= 11 is 0. The maximum Gasteiger partial charge on any atom is 0.258 e. The number of likely N-dealkylation sites (N-methyl/N-ethyl adjacent to an activating group) is 1. The van der Waals surface area contributed by atoms with Gasteiger partial charge in [0.05, 0.1) is 13.5 Å². The van der Waals surface area contributed by atoms with Crippen LogP contribution in [0.5, 0.6) is 5.75 Å². The number of hydrogen-bond acceptors (Lipinski definition) is 4. The van der Waals surface area contributed by atoms with Gasteiger partial charge >= 0.3 is 0 Å². The Kier molecular flexibility index (Phi) is 5.35. The van der Waals surface area contributed by atoms with E-state index in [0.29, 0.717) is 29.2 Å². The number of para-hydroxylation sites is 1. The lowest BCUT2D eigenvalue weighted by Gasteiger charge is -2.29. The van der Waals surface area contributed by atoms with Gasteiger partial charge in [-0.05, 0) is 37.3 Å². The summed E-state index contributed by atoms with van der Waals surface area (Å²) < 4.78 is 5.11. The standard InChI is InChI=1S/C21H23N3O4/c1-4-24-18-8-6-5-7-17(18)21(20(24)27,23-14(2)25)13-19(26)22-15-9-11-16(28-3)12-10-15/h5-12H,4,13H2,1-3H3,(H,22,26)(H,23,25)/t21-/m0/s1. The van der Waals surface area contributed by atoms with E-state index in [-0.39, 0.29) is 24.1 Å². The summed E-state index contributed by atoms with van der Waals surface area (Å²) in [6, 6.07) is 14.1. The van der Waals surface area contributed by atoms with E-state index in [1.807, 2.05) is 19.1 Å². The van der Waals surface area contributed by atoms with Gasteiger partial charge in [0.1, 0.15) is 5.75 Å². The Bertz CT molecular complexity index is 910. The molecule has 0 fully saturated rings. The molecule has 0 spiro atoms. The highest BCUT2D eigenvalue weighted by Gasteiger charge is 2.52. The summed E-state index contributed by atoms with van der Waals surface area (Å²) in [5.74, 6) is -0.388. The van der Waals surface area contributed by atoms with Gasteiger partial charge in [-0.15, -0.1) is 0 Å². The molecule has 1 aliphatic rings. The van der Waals surface area contributed by atoms with E-state index in [9.17, 15) is 14.4 Å². The zero-order chi connectivity index (χ0) is 20.3. The number of rotatable bonds is 6. The fourth-order valence-electron chi connectivity index (χ4n) is 3.60. The Balaban J connectivity index is 1.92. The number of methoxy groups -OCH3 is 1. The van der Waals surface area contributed by atoms with Gasteiger partial charge in [-0.1, -0.05) is 18.2 Å². The maximum atomic E-state index is 13.2. The van der Waals surface area contributed by atoms with Crippen LogP contribution in [0.1, 0.15) is 25.8 Å². The van der Waals surface area contributed by atoms with E-state index in [4.69, 9.17) is 4.74 Å². The predicted molar refractivity (Wildman–Crippen MR) is 106 cm³/mol. The van der Waals surface area contributed by atoms with Gasteiger partial charge in [0.2, 0.25) is 11.8 Å². The molecule has 0 bridgehead atoms. The van der Waals surface area contributed by atoms with Crippen LogP contribution < -0.4 is 20.3 Å². The normalized spacial score (nSPS) is 17.8. The number of fused-ring (bicyclic) bond motifs is 1. The van der Waals surface area contributed by atoms with Crippen LogP contribution >= 0.6 is 0 Å². The van der Waals surface area contributed by atoms with Crippen molar-refractivity contribution in [1.29, 1.82) is 0 Å². The van der Waals surface area contributed by atoms with Gasteiger partial charge in [0.15, 0.2) is 5.54 Å². The van der Waals surface area contributed by atoms with E-state index in [1.165, 1.54) is 6.92 Å². The molecule has 2 aromatic rings. The Morgan fingerprint density at radius 2 is 1.79 bits per heavy atom. The fourth-order valence-corrected chi connectivity index (χ4v) is 3.60. The summed E-state index contributed by atoms with van der Waals surface area (Å²) in [7, 11) is 1.56. The summed E-state index contributed by atoms with van der Waals surface area (Å²) in [5, 5.41) is 5.54. The maximum absolute atomic E-state index is 13.2. The number of carbonyl (C=O) groups excluding carboxylic acids is 3.